The van der Waals surface area contributed by atoms with Crippen LogP contribution in [0.4, 0.5) is 0 Å². The summed E-state index contributed by atoms with van der Waals surface area (Å²) in [5.41, 5.74) is 1.90. The first-order valence-corrected chi connectivity index (χ1v) is 6.84. The van der Waals surface area contributed by atoms with Gasteiger partial charge in [0.15, 0.2) is 0 Å². The van der Waals surface area contributed by atoms with Crippen LogP contribution in [-0.2, 0) is 9.31 Å². The zero-order chi connectivity index (χ0) is 15.0. The number of aryl methyl sites for hydroxylation is 1. The number of aliphatic hydroxyl groups is 1. The van der Waals surface area contributed by atoms with Crippen molar-refractivity contribution in [1.29, 1.82) is 0 Å². The van der Waals surface area contributed by atoms with Crippen LogP contribution >= 0.6 is 0 Å². The Balaban J connectivity index is 2.26. The Morgan fingerprint density at radius 2 is 1.85 bits per heavy atom. The molecule has 0 aliphatic carbocycles. The fourth-order valence-corrected chi connectivity index (χ4v) is 2.05. The lowest BCUT2D eigenvalue weighted by atomic mass is 9.77. The Labute approximate surface area is 121 Å². The summed E-state index contributed by atoms with van der Waals surface area (Å²) in [4.78, 5) is 4.15. The maximum Gasteiger partial charge on any atom is 0.492 e. The quantitative estimate of drug-likeness (QED) is 0.860. The molecule has 1 saturated heterocycles. The molecule has 1 aliphatic heterocycles. The first-order chi connectivity index (χ1) is 9.25. The van der Waals surface area contributed by atoms with Crippen molar-refractivity contribution >= 4 is 13.2 Å². The number of aliphatic hydroxyl groups excluding tert-OH is 1. The van der Waals surface area contributed by atoms with Crippen molar-refractivity contribution in [1.82, 2.24) is 4.98 Å². The summed E-state index contributed by atoms with van der Waals surface area (Å²) in [6.07, 6.45) is 5.43. The van der Waals surface area contributed by atoms with Gasteiger partial charge in [0.2, 0.25) is 0 Å². The molecule has 108 valence electrons. The largest absolute Gasteiger partial charge is 0.492 e. The Bertz CT molecular complexity index is 510. The SMILES string of the molecule is Cc1cncc(C=C(CO)B2OC(C)(C)C(C)(C)O2)c1. The third kappa shape index (κ3) is 2.95. The van der Waals surface area contributed by atoms with Crippen LogP contribution in [0.1, 0.15) is 38.8 Å². The van der Waals surface area contributed by atoms with E-state index in [4.69, 9.17) is 9.31 Å². The van der Waals surface area contributed by atoms with Gasteiger partial charge in [0.1, 0.15) is 0 Å². The molecule has 1 aliphatic rings. The topological polar surface area (TPSA) is 51.6 Å². The number of hydrogen-bond acceptors (Lipinski definition) is 4. The van der Waals surface area contributed by atoms with E-state index in [2.05, 4.69) is 4.98 Å². The van der Waals surface area contributed by atoms with E-state index in [0.29, 0.717) is 5.47 Å². The van der Waals surface area contributed by atoms with E-state index in [1.807, 2.05) is 46.8 Å². The van der Waals surface area contributed by atoms with Gasteiger partial charge >= 0.3 is 7.12 Å². The van der Waals surface area contributed by atoms with Crippen LogP contribution in [0, 0.1) is 6.92 Å². The Hall–Kier alpha value is -1.17. The molecule has 1 N–H and O–H groups in total. The van der Waals surface area contributed by atoms with Crippen molar-refractivity contribution in [2.45, 2.75) is 45.8 Å². The van der Waals surface area contributed by atoms with Gasteiger partial charge in [0.05, 0.1) is 17.8 Å². The van der Waals surface area contributed by atoms with E-state index in [1.54, 1.807) is 12.4 Å². The van der Waals surface area contributed by atoms with Crippen molar-refractivity contribution in [3.63, 3.8) is 0 Å². The summed E-state index contributed by atoms with van der Waals surface area (Å²) in [6.45, 7) is 9.86. The van der Waals surface area contributed by atoms with E-state index in [-0.39, 0.29) is 6.61 Å². The summed E-state index contributed by atoms with van der Waals surface area (Å²) >= 11 is 0. The average molecular weight is 275 g/mol. The molecular formula is C15H22BNO3. The monoisotopic (exact) mass is 275 g/mol. The second kappa shape index (κ2) is 5.32. The maximum absolute atomic E-state index is 9.61. The highest BCUT2D eigenvalue weighted by Gasteiger charge is 2.52. The van der Waals surface area contributed by atoms with E-state index >= 15 is 0 Å². The Kier molecular flexibility index (Phi) is 4.05. The molecule has 20 heavy (non-hydrogen) atoms. The fourth-order valence-electron chi connectivity index (χ4n) is 2.05. The fraction of sp³-hybridized carbons (Fsp3) is 0.533. The zero-order valence-corrected chi connectivity index (χ0v) is 12.8. The van der Waals surface area contributed by atoms with Crippen molar-refractivity contribution in [2.24, 2.45) is 0 Å². The van der Waals surface area contributed by atoms with Crippen LogP contribution in [0.15, 0.2) is 23.9 Å². The summed E-state index contributed by atoms with van der Waals surface area (Å²) in [5, 5.41) is 9.61. The van der Waals surface area contributed by atoms with Crippen molar-refractivity contribution in [3.05, 3.63) is 35.1 Å². The molecule has 1 fully saturated rings. The highest BCUT2D eigenvalue weighted by molar-refractivity contribution is 6.55. The van der Waals surface area contributed by atoms with Crippen LogP contribution in [0.5, 0.6) is 0 Å². The molecule has 1 aromatic heterocycles. The minimum atomic E-state index is -0.523. The lowest BCUT2D eigenvalue weighted by molar-refractivity contribution is 0.00578. The lowest BCUT2D eigenvalue weighted by Gasteiger charge is -2.32. The molecule has 5 heteroatoms. The first kappa shape index (κ1) is 15.2. The molecule has 0 radical (unpaired) electrons. The average Bonchev–Trinajstić information content (AvgIpc) is 2.55. The number of rotatable bonds is 3. The number of nitrogens with zero attached hydrogens (tertiary/aromatic N) is 1. The predicted octanol–water partition coefficient (Wildman–Crippen LogP) is 2.40. The molecule has 2 rings (SSSR count). The second-order valence-electron chi connectivity index (χ2n) is 6.26. The number of aromatic nitrogens is 1. The third-order valence-electron chi connectivity index (χ3n) is 3.99. The third-order valence-corrected chi connectivity index (χ3v) is 3.99. The van der Waals surface area contributed by atoms with Crippen LogP contribution in [-0.4, -0.2) is 35.0 Å². The first-order valence-electron chi connectivity index (χ1n) is 6.84. The highest BCUT2D eigenvalue weighted by atomic mass is 16.7. The lowest BCUT2D eigenvalue weighted by Crippen LogP contribution is -2.41. The molecule has 0 unspecified atom stereocenters. The molecule has 4 nitrogen and oxygen atoms in total. The second-order valence-corrected chi connectivity index (χ2v) is 6.26. The van der Waals surface area contributed by atoms with Crippen LogP contribution in [0.2, 0.25) is 0 Å². The summed E-state index contributed by atoms with van der Waals surface area (Å²) in [5.74, 6) is 0. The van der Waals surface area contributed by atoms with Crippen molar-refractivity contribution in [3.8, 4) is 0 Å². The minimum absolute atomic E-state index is 0.106. The van der Waals surface area contributed by atoms with Gasteiger partial charge in [-0.15, -0.1) is 0 Å². The van der Waals surface area contributed by atoms with Gasteiger partial charge in [-0.25, -0.2) is 0 Å². The van der Waals surface area contributed by atoms with Gasteiger partial charge in [-0.05, 0) is 57.3 Å². The van der Waals surface area contributed by atoms with Gasteiger partial charge in [-0.2, -0.15) is 0 Å². The number of hydrogen-bond donors (Lipinski definition) is 1. The van der Waals surface area contributed by atoms with E-state index in [0.717, 1.165) is 11.1 Å². The highest BCUT2D eigenvalue weighted by Crippen LogP contribution is 2.38. The number of pyridine rings is 1. The minimum Gasteiger partial charge on any atom is -0.400 e. The molecular weight excluding hydrogens is 253 g/mol. The zero-order valence-electron chi connectivity index (χ0n) is 12.8. The molecule has 0 aromatic carbocycles. The van der Waals surface area contributed by atoms with Crippen LogP contribution in [0.25, 0.3) is 6.08 Å². The molecule has 1 aromatic rings. The van der Waals surface area contributed by atoms with Gasteiger partial charge < -0.3 is 14.4 Å². The van der Waals surface area contributed by atoms with E-state index in [9.17, 15) is 5.11 Å². The molecule has 0 atom stereocenters. The van der Waals surface area contributed by atoms with Crippen LogP contribution in [0.3, 0.4) is 0 Å². The summed E-state index contributed by atoms with van der Waals surface area (Å²) < 4.78 is 11.9. The smallest absolute Gasteiger partial charge is 0.400 e. The summed E-state index contributed by atoms with van der Waals surface area (Å²) in [7, 11) is -0.523. The predicted molar refractivity (Wildman–Crippen MR) is 80.1 cm³/mol. The molecule has 0 bridgehead atoms. The Morgan fingerprint density at radius 1 is 1.25 bits per heavy atom. The van der Waals surface area contributed by atoms with Gasteiger partial charge in [-0.3, -0.25) is 4.98 Å². The molecule has 0 amide bonds. The van der Waals surface area contributed by atoms with E-state index in [1.165, 1.54) is 0 Å². The van der Waals surface area contributed by atoms with E-state index < -0.39 is 18.3 Å². The summed E-state index contributed by atoms with van der Waals surface area (Å²) in [6, 6.07) is 2.01. The van der Waals surface area contributed by atoms with Crippen molar-refractivity contribution in [2.75, 3.05) is 6.61 Å². The maximum atomic E-state index is 9.61. The molecule has 2 heterocycles. The molecule has 0 spiro atoms. The normalized spacial score (nSPS) is 21.3. The van der Waals surface area contributed by atoms with Gasteiger partial charge in [0, 0.05) is 12.4 Å². The Morgan fingerprint density at radius 3 is 2.35 bits per heavy atom. The molecule has 0 saturated carbocycles. The van der Waals surface area contributed by atoms with Crippen molar-refractivity contribution < 1.29 is 14.4 Å². The van der Waals surface area contributed by atoms with Gasteiger partial charge in [-0.1, -0.05) is 6.08 Å². The standard InChI is InChI=1S/C15H22BNO3/c1-11-6-12(9-17-8-11)7-13(10-18)16-19-14(2,3)15(4,5)20-16/h6-9,18H,10H2,1-5H3. The van der Waals surface area contributed by atoms with Gasteiger partial charge in [0.25, 0.3) is 0 Å². The van der Waals surface area contributed by atoms with Crippen LogP contribution < -0.4 is 0 Å².